The Hall–Kier alpha value is -3.41. The van der Waals surface area contributed by atoms with Crippen LogP contribution in [0, 0.1) is 10.8 Å². The molecule has 12 heteroatoms. The zero-order chi connectivity index (χ0) is 29.5. The van der Waals surface area contributed by atoms with E-state index in [0.29, 0.717) is 74.8 Å². The van der Waals surface area contributed by atoms with Gasteiger partial charge in [0.25, 0.3) is 5.91 Å². The van der Waals surface area contributed by atoms with Gasteiger partial charge in [-0.05, 0) is 69.8 Å². The first kappa shape index (κ1) is 28.7. The van der Waals surface area contributed by atoms with E-state index in [-0.39, 0.29) is 42.0 Å². The highest BCUT2D eigenvalue weighted by Crippen LogP contribution is 2.56. The maximum absolute atomic E-state index is 13.9. The topological polar surface area (TPSA) is 106 Å². The second-order valence-electron chi connectivity index (χ2n) is 12.1. The van der Waals surface area contributed by atoms with Crippen LogP contribution in [-0.2, 0) is 4.79 Å². The largest absolute Gasteiger partial charge is 0.488 e. The van der Waals surface area contributed by atoms with Crippen molar-refractivity contribution in [2.45, 2.75) is 70.2 Å². The molecule has 4 heterocycles. The quantitative estimate of drug-likeness (QED) is 0.479. The Bertz CT molecular complexity index is 1330. The lowest BCUT2D eigenvalue weighted by Gasteiger charge is -2.59. The van der Waals surface area contributed by atoms with Crippen molar-refractivity contribution < 1.29 is 32.2 Å². The summed E-state index contributed by atoms with van der Waals surface area (Å²) in [7, 11) is 0. The molecule has 2 aromatic rings. The number of hydrogen-bond acceptors (Lipinski definition) is 7. The Balaban J connectivity index is 1.15. The van der Waals surface area contributed by atoms with Crippen molar-refractivity contribution >= 4 is 11.8 Å². The summed E-state index contributed by atoms with van der Waals surface area (Å²) >= 11 is 0. The van der Waals surface area contributed by atoms with E-state index in [1.807, 2.05) is 13.0 Å². The van der Waals surface area contributed by atoms with Crippen molar-refractivity contribution in [3.63, 3.8) is 0 Å². The molecule has 2 aromatic heterocycles. The van der Waals surface area contributed by atoms with Gasteiger partial charge < -0.3 is 25.0 Å². The van der Waals surface area contributed by atoms with Crippen LogP contribution in [-0.4, -0.2) is 77.8 Å². The lowest BCUT2D eigenvalue weighted by Crippen LogP contribution is -2.68. The van der Waals surface area contributed by atoms with E-state index in [1.54, 1.807) is 24.4 Å². The van der Waals surface area contributed by atoms with E-state index in [1.165, 1.54) is 4.90 Å². The number of carbonyl (C=O) groups excluding carboxylic acids is 2. The van der Waals surface area contributed by atoms with Gasteiger partial charge in [-0.25, -0.2) is 9.97 Å². The molecule has 226 valence electrons. The number of nitrogens with one attached hydrogen (secondary N) is 2. The van der Waals surface area contributed by atoms with Gasteiger partial charge in [-0.15, -0.1) is 0 Å². The third kappa shape index (κ3) is 5.18. The van der Waals surface area contributed by atoms with E-state index >= 15 is 0 Å². The summed E-state index contributed by atoms with van der Waals surface area (Å²) < 4.78 is 53.6. The first-order valence-electron chi connectivity index (χ1n) is 14.8. The molecule has 2 saturated carbocycles. The minimum Gasteiger partial charge on any atom is -0.488 e. The van der Waals surface area contributed by atoms with Crippen LogP contribution in [0.1, 0.15) is 62.4 Å². The molecule has 2 aliphatic heterocycles. The Morgan fingerprint density at radius 3 is 2.60 bits per heavy atom. The maximum atomic E-state index is 13.9. The fraction of sp³-hybridized carbons (Fsp3) is 0.600. The third-order valence-corrected chi connectivity index (χ3v) is 9.16. The lowest BCUT2D eigenvalue weighted by molar-refractivity contribution is -0.234. The van der Waals surface area contributed by atoms with Crippen LogP contribution in [0.5, 0.6) is 11.6 Å². The Labute approximate surface area is 242 Å². The molecule has 6 rings (SSSR count). The Morgan fingerprint density at radius 2 is 1.93 bits per heavy atom. The molecule has 4 fully saturated rings. The van der Waals surface area contributed by atoms with Gasteiger partial charge in [0.05, 0.1) is 17.9 Å². The summed E-state index contributed by atoms with van der Waals surface area (Å²) in [6.45, 7) is 4.41. The number of ether oxygens (including phenoxy) is 2. The van der Waals surface area contributed by atoms with Gasteiger partial charge in [0, 0.05) is 37.3 Å². The van der Waals surface area contributed by atoms with Crippen molar-refractivity contribution in [2.24, 2.45) is 10.8 Å². The highest BCUT2D eigenvalue weighted by molar-refractivity contribution is 5.96. The fourth-order valence-corrected chi connectivity index (χ4v) is 6.96. The monoisotopic (exact) mass is 587 g/mol. The zero-order valence-corrected chi connectivity index (χ0v) is 23.6. The van der Waals surface area contributed by atoms with Gasteiger partial charge in [0.1, 0.15) is 11.5 Å². The normalized spacial score (nSPS) is 22.9. The third-order valence-electron chi connectivity index (χ3n) is 9.16. The number of likely N-dealkylation sites (tertiary alicyclic amines) is 1. The summed E-state index contributed by atoms with van der Waals surface area (Å²) in [6.07, 6.45) is -0.513. The molecule has 1 atom stereocenters. The van der Waals surface area contributed by atoms with E-state index in [0.717, 1.165) is 13.0 Å². The van der Waals surface area contributed by atoms with Crippen LogP contribution < -0.4 is 20.1 Å². The molecule has 42 heavy (non-hydrogen) atoms. The van der Waals surface area contributed by atoms with Crippen molar-refractivity contribution in [2.75, 3.05) is 32.8 Å². The van der Waals surface area contributed by atoms with E-state index in [2.05, 4.69) is 20.6 Å². The Morgan fingerprint density at radius 1 is 1.17 bits per heavy atom. The van der Waals surface area contributed by atoms with E-state index in [9.17, 15) is 22.8 Å². The van der Waals surface area contributed by atoms with Crippen LogP contribution >= 0.6 is 0 Å². The molecule has 1 spiro atoms. The molecule has 0 aromatic carbocycles. The number of carbonyl (C=O) groups is 2. The summed E-state index contributed by atoms with van der Waals surface area (Å²) in [4.78, 5) is 36.7. The molecule has 2 amide bonds. The number of halogens is 3. The number of rotatable bonds is 8. The van der Waals surface area contributed by atoms with Crippen molar-refractivity contribution in [1.29, 1.82) is 0 Å². The molecule has 2 N–H and O–H groups in total. The number of alkyl halides is 3. The smallest absolute Gasteiger partial charge is 0.403 e. The second-order valence-corrected chi connectivity index (χ2v) is 12.1. The van der Waals surface area contributed by atoms with Gasteiger partial charge in [-0.3, -0.25) is 9.59 Å². The zero-order valence-electron chi connectivity index (χ0n) is 23.6. The van der Waals surface area contributed by atoms with Gasteiger partial charge in [-0.2, -0.15) is 13.2 Å². The van der Waals surface area contributed by atoms with Gasteiger partial charge >= 0.3 is 6.18 Å². The predicted molar refractivity (Wildman–Crippen MR) is 147 cm³/mol. The fourth-order valence-electron chi connectivity index (χ4n) is 6.96. The maximum Gasteiger partial charge on any atom is 0.403 e. The van der Waals surface area contributed by atoms with E-state index in [4.69, 9.17) is 9.47 Å². The van der Waals surface area contributed by atoms with Gasteiger partial charge in [0.2, 0.25) is 11.8 Å². The predicted octanol–water partition coefficient (Wildman–Crippen LogP) is 4.13. The molecule has 0 bridgehead atoms. The van der Waals surface area contributed by atoms with E-state index < -0.39 is 17.5 Å². The van der Waals surface area contributed by atoms with Crippen LogP contribution in [0.15, 0.2) is 30.5 Å². The first-order chi connectivity index (χ1) is 20.1. The summed E-state index contributed by atoms with van der Waals surface area (Å²) in [5, 5.41) is 6.27. The molecule has 2 aliphatic carbocycles. The second kappa shape index (κ2) is 11.0. The van der Waals surface area contributed by atoms with Crippen molar-refractivity contribution in [1.82, 2.24) is 25.5 Å². The van der Waals surface area contributed by atoms with Gasteiger partial charge in [-0.1, -0.05) is 12.8 Å². The van der Waals surface area contributed by atoms with Crippen LogP contribution in [0.2, 0.25) is 0 Å². The van der Waals surface area contributed by atoms with Crippen LogP contribution in [0.25, 0.3) is 11.3 Å². The summed E-state index contributed by atoms with van der Waals surface area (Å²) in [5.41, 5.74) is -1.13. The molecule has 2 saturated heterocycles. The standard InChI is InChI=1S/C30H36F3N5O4/c1-2-41-26-21(6-5-12-35-26)22-7-8-23(24(37-22)25(39)36-19-9-13-34-16-19)42-20-14-28(15-20)17-38(18-28)27(40)29(30(31,32)33)10-3-4-11-29/h5-8,12,19-20,34H,2-4,9-11,13-18H2,1H3,(H,36,39). The number of aromatic nitrogens is 2. The number of nitrogens with zero attached hydrogens (tertiary/aromatic N) is 3. The number of hydrogen-bond donors (Lipinski definition) is 2. The summed E-state index contributed by atoms with van der Waals surface area (Å²) in [6, 6.07) is 7.08. The van der Waals surface area contributed by atoms with Crippen LogP contribution in [0.4, 0.5) is 13.2 Å². The molecule has 1 unspecified atom stereocenters. The molecular weight excluding hydrogens is 551 g/mol. The van der Waals surface area contributed by atoms with Crippen molar-refractivity contribution in [3.8, 4) is 22.9 Å². The highest BCUT2D eigenvalue weighted by Gasteiger charge is 2.65. The minimum atomic E-state index is -4.53. The van der Waals surface area contributed by atoms with Crippen molar-refractivity contribution in [3.05, 3.63) is 36.2 Å². The average Bonchev–Trinajstić information content (AvgIpc) is 3.63. The number of amides is 2. The Kier molecular flexibility index (Phi) is 7.53. The first-order valence-corrected chi connectivity index (χ1v) is 14.8. The minimum absolute atomic E-state index is 0.0153. The van der Waals surface area contributed by atoms with Crippen LogP contribution in [0.3, 0.4) is 0 Å². The van der Waals surface area contributed by atoms with Gasteiger partial charge in [0.15, 0.2) is 11.4 Å². The average molecular weight is 588 g/mol. The lowest BCUT2D eigenvalue weighted by atomic mass is 9.61. The number of pyridine rings is 2. The molecule has 4 aliphatic rings. The summed E-state index contributed by atoms with van der Waals surface area (Å²) in [5.74, 6) is -0.351. The molecule has 9 nitrogen and oxygen atoms in total. The molecular formula is C30H36F3N5O4. The molecule has 0 radical (unpaired) electrons. The highest BCUT2D eigenvalue weighted by atomic mass is 19.4. The SMILES string of the molecule is CCOc1ncccc1-c1ccc(OC2CC3(C2)CN(C(=O)C2(C(F)(F)F)CCCC2)C3)c(C(=O)NC2CCNC2)n1.